The van der Waals surface area contributed by atoms with E-state index in [4.69, 9.17) is 11.0 Å². The molecule has 0 aromatic rings. The van der Waals surface area contributed by atoms with Crippen LogP contribution < -0.4 is 0 Å². The van der Waals surface area contributed by atoms with Gasteiger partial charge in [-0.05, 0) is 47.8 Å². The average Bonchev–Trinajstić information content (AvgIpc) is 3.85. The van der Waals surface area contributed by atoms with E-state index in [0.717, 1.165) is 56.3 Å². The molecule has 0 aromatic heterocycles. The fourth-order valence-corrected chi connectivity index (χ4v) is 4.92. The molecule has 422 valence electrons. The molecule has 3 aliphatic carbocycles. The fraction of sp³-hybridized carbons (Fsp3) is 1.00. The smallest absolute Gasteiger partial charge is 0.171 e. The van der Waals surface area contributed by atoms with E-state index in [1.54, 1.807) is 20.8 Å². The van der Waals surface area contributed by atoms with Crippen LogP contribution in [-0.2, 0) is 0 Å². The summed E-state index contributed by atoms with van der Waals surface area (Å²) in [5, 5.41) is 0. The Bertz CT molecular complexity index is 957. The van der Waals surface area contributed by atoms with Crippen LogP contribution in [0.15, 0.2) is 0 Å². The minimum absolute atomic E-state index is 0.0712. The molecule has 0 heterocycles. The van der Waals surface area contributed by atoms with E-state index < -0.39 is 31.2 Å². The second-order valence-electron chi connectivity index (χ2n) is 20.2. The third kappa shape index (κ3) is 140. The Morgan fingerprint density at radius 3 is 0.821 bits per heavy atom. The average molecular weight is 980 g/mol. The van der Waals surface area contributed by atoms with Crippen molar-refractivity contribution in [2.75, 3.05) is 0 Å². The van der Waals surface area contributed by atoms with Crippen LogP contribution in [0.1, 0.15) is 378 Å². The van der Waals surface area contributed by atoms with E-state index in [1.165, 1.54) is 123 Å². The van der Waals surface area contributed by atoms with Crippen molar-refractivity contribution in [3.63, 3.8) is 0 Å². The summed E-state index contributed by atoms with van der Waals surface area (Å²) < 4.78 is 92.4. The molecule has 3 fully saturated rings. The summed E-state index contributed by atoms with van der Waals surface area (Å²) in [5.41, 5.74) is 0. The Labute approximate surface area is 443 Å². The highest BCUT2D eigenvalue weighted by atomic mass is 19.4. The predicted octanol–water partition coefficient (Wildman–Crippen LogP) is 26.8. The second kappa shape index (κ2) is 82.7. The van der Waals surface area contributed by atoms with Crippen LogP contribution in [-0.4, -0.2) is 6.18 Å². The third-order valence-electron chi connectivity index (χ3n) is 9.90. The molecule has 0 nitrogen and oxygen atoms in total. The van der Waals surface area contributed by atoms with Gasteiger partial charge < -0.3 is 0 Å². The van der Waals surface area contributed by atoms with Gasteiger partial charge >= 0.3 is 6.18 Å². The van der Waals surface area contributed by atoms with E-state index in [9.17, 15) is 13.2 Å². The van der Waals surface area contributed by atoms with Crippen LogP contribution in [0, 0.1) is 47.3 Å². The molecule has 0 aromatic carbocycles. The highest BCUT2D eigenvalue weighted by Crippen LogP contribution is 2.28. The van der Waals surface area contributed by atoms with Gasteiger partial charge in [0.1, 0.15) is 0 Å². The number of hydrogen-bond donors (Lipinski definition) is 0. The molecule has 0 N–H and O–H groups in total. The highest BCUT2D eigenvalue weighted by molar-refractivity contribution is 4.65. The van der Waals surface area contributed by atoms with Crippen molar-refractivity contribution in [3.05, 3.63) is 0 Å². The normalized spacial score (nSPS) is 17.4. The quantitative estimate of drug-likeness (QED) is 0.205. The van der Waals surface area contributed by atoms with Crippen LogP contribution in [0.3, 0.4) is 0 Å². The van der Waals surface area contributed by atoms with Crippen molar-refractivity contribution < 1.29 is 24.1 Å². The zero-order valence-corrected chi connectivity index (χ0v) is 52.3. The Balaban J connectivity index is -0.0000000777. The second-order valence-corrected chi connectivity index (χ2v) is 20.2. The summed E-state index contributed by atoms with van der Waals surface area (Å²) in [6, 6.07) is 0. The molecule has 3 saturated carbocycles. The first-order valence-corrected chi connectivity index (χ1v) is 29.0. The molecule has 3 heteroatoms. The van der Waals surface area contributed by atoms with Crippen molar-refractivity contribution in [3.8, 4) is 0 Å². The fourth-order valence-electron chi connectivity index (χ4n) is 4.92. The molecule has 0 bridgehead atoms. The maximum Gasteiger partial charge on any atom is 0.391 e. The van der Waals surface area contributed by atoms with Crippen molar-refractivity contribution in [2.24, 2.45) is 47.3 Å². The summed E-state index contributed by atoms with van der Waals surface area (Å²) in [6.45, 7) is 54.0. The summed E-state index contributed by atoms with van der Waals surface area (Å²) in [6.07, 6.45) is 22.7. The molecule has 1 atom stereocenters. The molecule has 0 aliphatic heterocycles. The Morgan fingerprint density at radius 1 is 0.478 bits per heavy atom. The summed E-state index contributed by atoms with van der Waals surface area (Å²) in [5.74, 6) is 1.82. The van der Waals surface area contributed by atoms with Crippen molar-refractivity contribution >= 4 is 0 Å². The molecule has 67 heavy (non-hydrogen) atoms. The topological polar surface area (TPSA) is 0 Å². The van der Waals surface area contributed by atoms with Gasteiger partial charge in [0.05, 0.1) is 5.92 Å². The number of halogens is 3. The molecular weight excluding hydrogens is 826 g/mol. The molecule has 3 rings (SSSR count). The van der Waals surface area contributed by atoms with Crippen LogP contribution >= 0.6 is 0 Å². The van der Waals surface area contributed by atoms with Crippen LogP contribution in [0.5, 0.6) is 0 Å². The van der Waals surface area contributed by atoms with Crippen LogP contribution in [0.25, 0.3) is 0 Å². The number of alkyl halides is 3. The van der Waals surface area contributed by atoms with Gasteiger partial charge in [-0.15, -0.1) is 0 Å². The summed E-state index contributed by atoms with van der Waals surface area (Å²) in [4.78, 5) is 0. The molecular formula is C64H145F3. The summed E-state index contributed by atoms with van der Waals surface area (Å²) in [7, 11) is 0. The first-order chi connectivity index (χ1) is 34.0. The van der Waals surface area contributed by atoms with Gasteiger partial charge in [0.25, 0.3) is 0 Å². The zero-order chi connectivity index (χ0) is 62.1. The van der Waals surface area contributed by atoms with E-state index in [2.05, 4.69) is 104 Å². The molecule has 1 unspecified atom stereocenters. The van der Waals surface area contributed by atoms with Crippen molar-refractivity contribution in [2.45, 2.75) is 373 Å². The molecule has 0 saturated heterocycles. The first-order valence-electron chi connectivity index (χ1n) is 33.0. The van der Waals surface area contributed by atoms with Gasteiger partial charge in [0.2, 0.25) is 0 Å². The maximum absolute atomic E-state index is 11.4. The van der Waals surface area contributed by atoms with E-state index in [0.29, 0.717) is 18.3 Å². The minimum Gasteiger partial charge on any atom is -0.171 e. The lowest BCUT2D eigenvalue weighted by atomic mass is 9.88. The van der Waals surface area contributed by atoms with Gasteiger partial charge in [-0.3, -0.25) is 0 Å². The maximum atomic E-state index is 11.4. The third-order valence-corrected chi connectivity index (χ3v) is 9.90. The van der Waals surface area contributed by atoms with Crippen molar-refractivity contribution in [1.29, 1.82) is 0 Å². The lowest BCUT2D eigenvalue weighted by Crippen LogP contribution is -2.18. The molecule has 3 aliphatic rings. The number of hydrogen-bond acceptors (Lipinski definition) is 0. The first kappa shape index (κ1) is 68.9. The van der Waals surface area contributed by atoms with E-state index in [-0.39, 0.29) is 18.2 Å². The van der Waals surface area contributed by atoms with Gasteiger partial charge in [-0.25, -0.2) is 0 Å². The summed E-state index contributed by atoms with van der Waals surface area (Å²) >= 11 is 0. The Hall–Kier alpha value is -0.210. The number of rotatable bonds is 10. The largest absolute Gasteiger partial charge is 0.391 e. The Kier molecular flexibility index (Phi) is 85.0. The van der Waals surface area contributed by atoms with E-state index in [1.807, 2.05) is 48.5 Å². The van der Waals surface area contributed by atoms with E-state index >= 15 is 0 Å². The van der Waals surface area contributed by atoms with Gasteiger partial charge in [-0.2, -0.15) is 13.2 Å². The minimum atomic E-state index is -3.99. The van der Waals surface area contributed by atoms with Crippen LogP contribution in [0.4, 0.5) is 13.2 Å². The van der Waals surface area contributed by atoms with Gasteiger partial charge in [0.15, 0.2) is 0 Å². The molecule has 0 amide bonds. The van der Waals surface area contributed by atoms with Crippen LogP contribution in [0.2, 0.25) is 0 Å². The molecule has 0 radical (unpaired) electrons. The predicted molar refractivity (Wildman–Crippen MR) is 316 cm³/mol. The molecule has 0 spiro atoms. The van der Waals surface area contributed by atoms with Gasteiger partial charge in [-0.1, -0.05) is 360 Å². The van der Waals surface area contributed by atoms with Crippen molar-refractivity contribution in [1.82, 2.24) is 0 Å². The lowest BCUT2D eigenvalue weighted by Gasteiger charge is -2.18. The SMILES string of the molecule is CC.CC(C)C.CCC.CCC(C)C.CCC(C)C(F)(F)F.CCCC.CCCC(C)C.CCCCC.[2H]C(C)(C)C.[2H]C([2H])(C)C1CCCC1.[2H]C([2H])(C)C1CCCCC1.[2H]C([2H])(C)CC.[2H]C1(C)CCCCC1. The monoisotopic (exact) mass is 979 g/mol. The lowest BCUT2D eigenvalue weighted by molar-refractivity contribution is -0.170. The van der Waals surface area contributed by atoms with Gasteiger partial charge in [0, 0.05) is 11.0 Å². The highest BCUT2D eigenvalue weighted by Gasteiger charge is 2.34. The Morgan fingerprint density at radius 2 is 0.746 bits per heavy atom. The number of unbranched alkanes of at least 4 members (excludes halogenated alkanes) is 3. The standard InChI is InChI=1S/C8H16.2C7H14.C6H14.C5H9F3.2C5H12.4C4H10.C3H8.C2H6/c1-2-8-6-4-3-5-7-8;1-7-5-3-2-4-6-7;1-2-7-5-3-4-6-7;1-4-5-6(2)3;1-3-4(2)5(6,7)8;1-4-5(2)3;1-3-5-4-2;2*1-4(2)3;2*1-3-4-2;1-3-2;1-2/h8H,2-7H2,1H3;2*7H,2-6H2,1H3;6H,4-5H2,1-3H3;4H,3H2,1-2H3;5H,4H2,1-3H3;3-5H2,1-2H3;2*4H,1-3H3;2*3-4H2,1-2H3;3H2,1-2H3;1-2H3/i2D2;7D;2D2;;;;;4D;;3D2;;;. The zero-order valence-electron chi connectivity index (χ0n) is 60.3.